The molecule has 128 valence electrons. The lowest BCUT2D eigenvalue weighted by atomic mass is 9.95. The third-order valence-corrected chi connectivity index (χ3v) is 4.63. The van der Waals surface area contributed by atoms with Crippen LogP contribution in [-0.2, 0) is 0 Å². The molecule has 0 amide bonds. The number of benzene rings is 1. The van der Waals surface area contributed by atoms with Crippen molar-refractivity contribution in [3.05, 3.63) is 23.8 Å². The van der Waals surface area contributed by atoms with Gasteiger partial charge in [-0.2, -0.15) is 10.2 Å². The summed E-state index contributed by atoms with van der Waals surface area (Å²) in [6.45, 7) is 0.199. The minimum absolute atomic E-state index is 0.143. The molecule has 1 saturated carbocycles. The van der Waals surface area contributed by atoms with E-state index < -0.39 is 0 Å². The molecular formula is C18H19N5O2. The number of ether oxygens (including phenoxy) is 2. The topological polar surface area (TPSA) is 106 Å². The summed E-state index contributed by atoms with van der Waals surface area (Å²) in [6, 6.07) is 8.02. The van der Waals surface area contributed by atoms with Crippen LogP contribution in [-0.4, -0.2) is 22.8 Å². The molecule has 7 heteroatoms. The van der Waals surface area contributed by atoms with Gasteiger partial charge in [-0.05, 0) is 31.0 Å². The molecule has 1 fully saturated rings. The summed E-state index contributed by atoms with van der Waals surface area (Å²) in [4.78, 5) is 8.58. The standard InChI is InChI=1S/C18H19N5O2/c19-9-13-16(11-6-7-14-15(8-11)25-10-24-14)22-18(20)23-17(13)21-12-4-2-1-3-5-12/h6-8,12H,1-5,10H2,(H3,20,21,22,23). The Balaban J connectivity index is 1.73. The van der Waals surface area contributed by atoms with Crippen LogP contribution in [0.15, 0.2) is 18.2 Å². The van der Waals surface area contributed by atoms with Crippen molar-refractivity contribution in [2.75, 3.05) is 17.8 Å². The SMILES string of the molecule is N#Cc1c(NC2CCCCC2)nc(N)nc1-c1ccc2c(c1)OCO2. The third kappa shape index (κ3) is 3.03. The third-order valence-electron chi connectivity index (χ3n) is 4.63. The van der Waals surface area contributed by atoms with Gasteiger partial charge in [0.15, 0.2) is 11.5 Å². The first kappa shape index (κ1) is 15.5. The Morgan fingerprint density at radius 2 is 1.92 bits per heavy atom. The van der Waals surface area contributed by atoms with Crippen molar-refractivity contribution < 1.29 is 9.47 Å². The molecule has 1 aliphatic carbocycles. The maximum atomic E-state index is 9.71. The number of nitriles is 1. The number of nitrogens with zero attached hydrogens (tertiary/aromatic N) is 3. The van der Waals surface area contributed by atoms with Crippen molar-refractivity contribution in [2.45, 2.75) is 38.1 Å². The molecule has 4 rings (SSSR count). The summed E-state index contributed by atoms with van der Waals surface area (Å²) in [5.74, 6) is 1.98. The highest BCUT2D eigenvalue weighted by Crippen LogP contribution is 2.37. The van der Waals surface area contributed by atoms with E-state index in [1.807, 2.05) is 18.2 Å². The van der Waals surface area contributed by atoms with Crippen LogP contribution in [0.4, 0.5) is 11.8 Å². The average molecular weight is 337 g/mol. The molecule has 1 aromatic heterocycles. The Bertz CT molecular complexity index is 840. The van der Waals surface area contributed by atoms with Gasteiger partial charge in [-0.25, -0.2) is 4.98 Å². The maximum Gasteiger partial charge on any atom is 0.231 e. The van der Waals surface area contributed by atoms with Gasteiger partial charge >= 0.3 is 0 Å². The van der Waals surface area contributed by atoms with Crippen LogP contribution in [0.2, 0.25) is 0 Å². The zero-order valence-corrected chi connectivity index (χ0v) is 13.8. The van der Waals surface area contributed by atoms with Gasteiger partial charge in [0, 0.05) is 11.6 Å². The number of nitrogen functional groups attached to an aromatic ring is 1. The van der Waals surface area contributed by atoms with Gasteiger partial charge in [0.05, 0.1) is 5.69 Å². The van der Waals surface area contributed by atoms with E-state index in [9.17, 15) is 5.26 Å². The predicted molar refractivity (Wildman–Crippen MR) is 93.2 cm³/mol. The zero-order chi connectivity index (χ0) is 17.2. The molecule has 0 saturated heterocycles. The lowest BCUT2D eigenvalue weighted by Gasteiger charge is -2.24. The molecule has 0 bridgehead atoms. The summed E-state index contributed by atoms with van der Waals surface area (Å²) in [5.41, 5.74) is 7.57. The maximum absolute atomic E-state index is 9.71. The number of fused-ring (bicyclic) bond motifs is 1. The van der Waals surface area contributed by atoms with Crippen LogP contribution >= 0.6 is 0 Å². The largest absolute Gasteiger partial charge is 0.454 e. The van der Waals surface area contributed by atoms with Crippen molar-refractivity contribution in [2.24, 2.45) is 0 Å². The summed E-state index contributed by atoms with van der Waals surface area (Å²) in [6.07, 6.45) is 5.80. The Hall–Kier alpha value is -3.01. The molecular weight excluding hydrogens is 318 g/mol. The Labute approximate surface area is 145 Å². The van der Waals surface area contributed by atoms with Crippen molar-refractivity contribution >= 4 is 11.8 Å². The monoisotopic (exact) mass is 337 g/mol. The van der Waals surface area contributed by atoms with Crippen LogP contribution in [0.25, 0.3) is 11.3 Å². The van der Waals surface area contributed by atoms with Gasteiger partial charge in [0.2, 0.25) is 12.7 Å². The number of rotatable bonds is 3. The molecule has 7 nitrogen and oxygen atoms in total. The van der Waals surface area contributed by atoms with E-state index in [1.165, 1.54) is 19.3 Å². The molecule has 3 N–H and O–H groups in total. The Kier molecular flexibility index (Phi) is 4.02. The first-order valence-corrected chi connectivity index (χ1v) is 8.49. The highest BCUT2D eigenvalue weighted by atomic mass is 16.7. The van der Waals surface area contributed by atoms with Crippen molar-refractivity contribution in [3.63, 3.8) is 0 Å². The number of hydrogen-bond donors (Lipinski definition) is 2. The van der Waals surface area contributed by atoms with E-state index in [4.69, 9.17) is 15.2 Å². The van der Waals surface area contributed by atoms with Crippen LogP contribution in [0.5, 0.6) is 11.5 Å². The average Bonchev–Trinajstić information content (AvgIpc) is 3.10. The van der Waals surface area contributed by atoms with Crippen molar-refractivity contribution in [1.82, 2.24) is 9.97 Å². The smallest absolute Gasteiger partial charge is 0.231 e. The molecule has 25 heavy (non-hydrogen) atoms. The number of aromatic nitrogens is 2. The number of nitrogens with one attached hydrogen (secondary N) is 1. The predicted octanol–water partition coefficient (Wildman–Crippen LogP) is 3.07. The number of hydrogen-bond acceptors (Lipinski definition) is 7. The fourth-order valence-electron chi connectivity index (χ4n) is 3.38. The highest BCUT2D eigenvalue weighted by Gasteiger charge is 2.21. The number of anilines is 2. The second-order valence-corrected chi connectivity index (χ2v) is 6.31. The lowest BCUT2D eigenvalue weighted by Crippen LogP contribution is -2.24. The normalized spacial score (nSPS) is 16.4. The molecule has 0 radical (unpaired) electrons. The minimum atomic E-state index is 0.143. The highest BCUT2D eigenvalue weighted by molar-refractivity contribution is 5.75. The molecule has 2 aromatic rings. The van der Waals surface area contributed by atoms with Crippen LogP contribution in [0.3, 0.4) is 0 Å². The molecule has 1 aliphatic heterocycles. The van der Waals surface area contributed by atoms with Gasteiger partial charge in [0.1, 0.15) is 17.5 Å². The van der Waals surface area contributed by atoms with E-state index in [0.717, 1.165) is 18.4 Å². The Morgan fingerprint density at radius 1 is 1.12 bits per heavy atom. The first-order chi connectivity index (χ1) is 12.2. The summed E-state index contributed by atoms with van der Waals surface area (Å²) >= 11 is 0. The second kappa shape index (κ2) is 6.48. The van der Waals surface area contributed by atoms with Gasteiger partial charge < -0.3 is 20.5 Å². The molecule has 0 spiro atoms. The molecule has 2 heterocycles. The lowest BCUT2D eigenvalue weighted by molar-refractivity contribution is 0.174. The van der Waals surface area contributed by atoms with Crippen molar-refractivity contribution in [1.29, 1.82) is 5.26 Å². The van der Waals surface area contributed by atoms with Gasteiger partial charge in [-0.1, -0.05) is 19.3 Å². The molecule has 1 aromatic carbocycles. The second-order valence-electron chi connectivity index (χ2n) is 6.31. The molecule has 0 atom stereocenters. The van der Waals surface area contributed by atoms with E-state index in [2.05, 4.69) is 21.4 Å². The molecule has 0 unspecified atom stereocenters. The van der Waals surface area contributed by atoms with Crippen molar-refractivity contribution in [3.8, 4) is 28.8 Å². The van der Waals surface area contributed by atoms with E-state index in [1.54, 1.807) is 0 Å². The fourth-order valence-corrected chi connectivity index (χ4v) is 3.38. The zero-order valence-electron chi connectivity index (χ0n) is 13.8. The first-order valence-electron chi connectivity index (χ1n) is 8.49. The minimum Gasteiger partial charge on any atom is -0.454 e. The van der Waals surface area contributed by atoms with Gasteiger partial charge in [-0.15, -0.1) is 0 Å². The molecule has 2 aliphatic rings. The van der Waals surface area contributed by atoms with Gasteiger partial charge in [-0.3, -0.25) is 0 Å². The van der Waals surface area contributed by atoms with Crippen LogP contribution < -0.4 is 20.5 Å². The Morgan fingerprint density at radius 3 is 2.72 bits per heavy atom. The van der Waals surface area contributed by atoms with Crippen LogP contribution in [0, 0.1) is 11.3 Å². The van der Waals surface area contributed by atoms with E-state index in [0.29, 0.717) is 34.6 Å². The summed E-state index contributed by atoms with van der Waals surface area (Å²) in [5, 5.41) is 13.1. The quantitative estimate of drug-likeness (QED) is 0.886. The summed E-state index contributed by atoms with van der Waals surface area (Å²) < 4.78 is 10.8. The summed E-state index contributed by atoms with van der Waals surface area (Å²) in [7, 11) is 0. The fraction of sp³-hybridized carbons (Fsp3) is 0.389. The van der Waals surface area contributed by atoms with Crippen LogP contribution in [0.1, 0.15) is 37.7 Å². The van der Waals surface area contributed by atoms with Gasteiger partial charge in [0.25, 0.3) is 0 Å². The van der Waals surface area contributed by atoms with E-state index in [-0.39, 0.29) is 12.7 Å². The number of nitrogens with two attached hydrogens (primary N) is 1. The van der Waals surface area contributed by atoms with E-state index >= 15 is 0 Å².